The lowest BCUT2D eigenvalue weighted by molar-refractivity contribution is 0.212. The Labute approximate surface area is 122 Å². The zero-order valence-electron chi connectivity index (χ0n) is 12.5. The van der Waals surface area contributed by atoms with Gasteiger partial charge in [-0.15, -0.1) is 0 Å². The van der Waals surface area contributed by atoms with E-state index in [9.17, 15) is 0 Å². The van der Waals surface area contributed by atoms with Gasteiger partial charge < -0.3 is 5.32 Å². The van der Waals surface area contributed by atoms with Gasteiger partial charge in [-0.05, 0) is 55.2 Å². The van der Waals surface area contributed by atoms with Crippen LogP contribution in [0.5, 0.6) is 0 Å². The SMILES string of the molecule is Cc1ccc(NC2CC(C)CCC2C(C)C)cc1Cl. The third kappa shape index (κ3) is 3.66. The van der Waals surface area contributed by atoms with Crippen LogP contribution in [0.2, 0.25) is 5.02 Å². The van der Waals surface area contributed by atoms with Gasteiger partial charge in [0.15, 0.2) is 0 Å². The van der Waals surface area contributed by atoms with E-state index >= 15 is 0 Å². The van der Waals surface area contributed by atoms with Gasteiger partial charge in [-0.2, -0.15) is 0 Å². The van der Waals surface area contributed by atoms with Crippen LogP contribution in [0, 0.1) is 24.7 Å². The monoisotopic (exact) mass is 279 g/mol. The molecule has 1 aromatic rings. The van der Waals surface area contributed by atoms with E-state index in [1.165, 1.54) is 24.9 Å². The van der Waals surface area contributed by atoms with Crippen LogP contribution in [-0.2, 0) is 0 Å². The fraction of sp³-hybridized carbons (Fsp3) is 0.647. The molecule has 106 valence electrons. The van der Waals surface area contributed by atoms with Crippen molar-refractivity contribution in [2.24, 2.45) is 17.8 Å². The minimum Gasteiger partial charge on any atom is -0.382 e. The van der Waals surface area contributed by atoms with Crippen molar-refractivity contribution in [3.63, 3.8) is 0 Å². The Kier molecular flexibility index (Phi) is 4.78. The van der Waals surface area contributed by atoms with E-state index in [2.05, 4.69) is 44.3 Å². The zero-order valence-corrected chi connectivity index (χ0v) is 13.3. The number of hydrogen-bond acceptors (Lipinski definition) is 1. The topological polar surface area (TPSA) is 12.0 Å². The molecule has 0 heterocycles. The first-order valence-electron chi connectivity index (χ1n) is 7.50. The Bertz CT molecular complexity index is 427. The van der Waals surface area contributed by atoms with Gasteiger partial charge in [0.2, 0.25) is 0 Å². The normalized spacial score (nSPS) is 27.6. The van der Waals surface area contributed by atoms with Crippen molar-refractivity contribution in [3.05, 3.63) is 28.8 Å². The van der Waals surface area contributed by atoms with E-state index in [0.29, 0.717) is 6.04 Å². The quantitative estimate of drug-likeness (QED) is 0.768. The summed E-state index contributed by atoms with van der Waals surface area (Å²) in [6.07, 6.45) is 3.99. The average molecular weight is 280 g/mol. The fourth-order valence-electron chi connectivity index (χ4n) is 3.26. The minimum absolute atomic E-state index is 0.586. The Balaban J connectivity index is 2.11. The first kappa shape index (κ1) is 14.7. The lowest BCUT2D eigenvalue weighted by Crippen LogP contribution is -2.37. The summed E-state index contributed by atoms with van der Waals surface area (Å²) in [4.78, 5) is 0. The van der Waals surface area contributed by atoms with E-state index in [4.69, 9.17) is 11.6 Å². The molecule has 1 saturated carbocycles. The minimum atomic E-state index is 0.586. The van der Waals surface area contributed by atoms with Gasteiger partial charge in [0.25, 0.3) is 0 Å². The molecule has 3 unspecified atom stereocenters. The van der Waals surface area contributed by atoms with Crippen molar-refractivity contribution >= 4 is 17.3 Å². The van der Waals surface area contributed by atoms with E-state index in [1.807, 2.05) is 6.92 Å². The van der Waals surface area contributed by atoms with Gasteiger partial charge >= 0.3 is 0 Å². The molecular weight excluding hydrogens is 254 g/mol. The van der Waals surface area contributed by atoms with Crippen LogP contribution in [-0.4, -0.2) is 6.04 Å². The predicted octanol–water partition coefficient (Wildman–Crippen LogP) is 5.52. The standard InChI is InChI=1S/C17H26ClN/c1-11(2)15-8-5-12(3)9-17(15)19-14-7-6-13(4)16(18)10-14/h6-7,10-12,15,17,19H,5,8-9H2,1-4H3. The number of halogens is 1. The van der Waals surface area contributed by atoms with E-state index in [1.54, 1.807) is 0 Å². The summed E-state index contributed by atoms with van der Waals surface area (Å²) in [5.41, 5.74) is 2.31. The fourth-order valence-corrected chi connectivity index (χ4v) is 3.45. The number of rotatable bonds is 3. The molecule has 1 aromatic carbocycles. The van der Waals surface area contributed by atoms with Gasteiger partial charge in [-0.25, -0.2) is 0 Å². The molecule has 1 aliphatic rings. The summed E-state index contributed by atoms with van der Waals surface area (Å²) in [5.74, 6) is 2.34. The Hall–Kier alpha value is -0.690. The van der Waals surface area contributed by atoms with Crippen LogP contribution in [0.3, 0.4) is 0 Å². The number of hydrogen-bond donors (Lipinski definition) is 1. The second-order valence-electron chi connectivity index (χ2n) is 6.54. The third-order valence-corrected chi connectivity index (χ3v) is 4.95. The van der Waals surface area contributed by atoms with Crippen molar-refractivity contribution in [1.82, 2.24) is 0 Å². The van der Waals surface area contributed by atoms with E-state index in [-0.39, 0.29) is 0 Å². The molecule has 1 fully saturated rings. The van der Waals surface area contributed by atoms with Crippen LogP contribution >= 0.6 is 11.6 Å². The summed E-state index contributed by atoms with van der Waals surface area (Å²) in [6.45, 7) is 9.11. The van der Waals surface area contributed by atoms with Crippen LogP contribution in [0.4, 0.5) is 5.69 Å². The summed E-state index contributed by atoms with van der Waals surface area (Å²) in [5, 5.41) is 4.58. The maximum atomic E-state index is 6.22. The van der Waals surface area contributed by atoms with E-state index in [0.717, 1.165) is 28.3 Å². The molecule has 19 heavy (non-hydrogen) atoms. The van der Waals surface area contributed by atoms with Gasteiger partial charge in [-0.3, -0.25) is 0 Å². The Morgan fingerprint density at radius 3 is 2.63 bits per heavy atom. The summed E-state index contributed by atoms with van der Waals surface area (Å²) in [7, 11) is 0. The van der Waals surface area contributed by atoms with Gasteiger partial charge in [-0.1, -0.05) is 44.9 Å². The van der Waals surface area contributed by atoms with Gasteiger partial charge in [0.05, 0.1) is 0 Å². The molecule has 0 aliphatic heterocycles. The predicted molar refractivity (Wildman–Crippen MR) is 84.9 cm³/mol. The summed E-state index contributed by atoms with van der Waals surface area (Å²) >= 11 is 6.22. The van der Waals surface area contributed by atoms with Crippen molar-refractivity contribution in [1.29, 1.82) is 0 Å². The first-order chi connectivity index (χ1) is 8.97. The lowest BCUT2D eigenvalue weighted by atomic mass is 9.74. The Morgan fingerprint density at radius 2 is 2.00 bits per heavy atom. The van der Waals surface area contributed by atoms with Crippen LogP contribution in [0.25, 0.3) is 0 Å². The molecule has 3 atom stereocenters. The highest BCUT2D eigenvalue weighted by molar-refractivity contribution is 6.31. The maximum absolute atomic E-state index is 6.22. The number of aryl methyl sites for hydroxylation is 1. The van der Waals surface area contributed by atoms with Gasteiger partial charge in [0, 0.05) is 16.8 Å². The van der Waals surface area contributed by atoms with Crippen molar-refractivity contribution in [3.8, 4) is 0 Å². The highest BCUT2D eigenvalue weighted by Gasteiger charge is 2.30. The van der Waals surface area contributed by atoms with Crippen LogP contribution < -0.4 is 5.32 Å². The molecule has 0 spiro atoms. The molecule has 2 rings (SSSR count). The molecule has 0 saturated heterocycles. The third-order valence-electron chi connectivity index (χ3n) is 4.55. The highest BCUT2D eigenvalue weighted by Crippen LogP contribution is 2.35. The summed E-state index contributed by atoms with van der Waals surface area (Å²) in [6, 6.07) is 6.90. The smallest absolute Gasteiger partial charge is 0.0455 e. The Morgan fingerprint density at radius 1 is 1.26 bits per heavy atom. The molecule has 0 bridgehead atoms. The van der Waals surface area contributed by atoms with Crippen LogP contribution in [0.1, 0.15) is 45.6 Å². The molecular formula is C17H26ClN. The molecule has 1 nitrogen and oxygen atoms in total. The van der Waals surface area contributed by atoms with Crippen molar-refractivity contribution in [2.45, 2.75) is 53.0 Å². The largest absolute Gasteiger partial charge is 0.382 e. The molecule has 0 amide bonds. The summed E-state index contributed by atoms with van der Waals surface area (Å²) < 4.78 is 0. The van der Waals surface area contributed by atoms with Crippen molar-refractivity contribution in [2.75, 3.05) is 5.32 Å². The molecule has 0 radical (unpaired) electrons. The average Bonchev–Trinajstić information content (AvgIpc) is 2.33. The zero-order chi connectivity index (χ0) is 14.0. The molecule has 1 N–H and O–H groups in total. The second kappa shape index (κ2) is 6.17. The first-order valence-corrected chi connectivity index (χ1v) is 7.88. The van der Waals surface area contributed by atoms with Crippen molar-refractivity contribution < 1.29 is 0 Å². The number of anilines is 1. The molecule has 0 aromatic heterocycles. The van der Waals surface area contributed by atoms with E-state index < -0.39 is 0 Å². The molecule has 1 aliphatic carbocycles. The number of nitrogens with one attached hydrogen (secondary N) is 1. The van der Waals surface area contributed by atoms with Gasteiger partial charge in [0.1, 0.15) is 0 Å². The molecule has 2 heteroatoms. The lowest BCUT2D eigenvalue weighted by Gasteiger charge is -2.38. The highest BCUT2D eigenvalue weighted by atomic mass is 35.5. The second-order valence-corrected chi connectivity index (χ2v) is 6.95. The number of benzene rings is 1. The maximum Gasteiger partial charge on any atom is 0.0455 e. The van der Waals surface area contributed by atoms with Crippen LogP contribution in [0.15, 0.2) is 18.2 Å².